The Labute approximate surface area is 189 Å². The Morgan fingerprint density at radius 2 is 1.78 bits per heavy atom. The second-order valence-corrected chi connectivity index (χ2v) is 9.13. The van der Waals surface area contributed by atoms with E-state index in [1.54, 1.807) is 14.0 Å². The summed E-state index contributed by atoms with van der Waals surface area (Å²) in [6, 6.07) is 9.01. The van der Waals surface area contributed by atoms with Crippen molar-refractivity contribution < 1.29 is 19.2 Å². The van der Waals surface area contributed by atoms with Gasteiger partial charge in [-0.15, -0.1) is 11.3 Å². The first-order chi connectivity index (χ1) is 15.3. The minimum atomic E-state index is -0.841. The van der Waals surface area contributed by atoms with Crippen LogP contribution in [0.3, 0.4) is 0 Å². The second kappa shape index (κ2) is 8.70. The number of hydrogen-bond acceptors (Lipinski definition) is 6. The molecule has 0 radical (unpaired) electrons. The van der Waals surface area contributed by atoms with Gasteiger partial charge in [0, 0.05) is 12.6 Å². The molecule has 2 aliphatic rings. The van der Waals surface area contributed by atoms with Gasteiger partial charge in [0.15, 0.2) is 0 Å². The Morgan fingerprint density at radius 1 is 1.09 bits per heavy atom. The summed E-state index contributed by atoms with van der Waals surface area (Å²) < 4.78 is 0. The van der Waals surface area contributed by atoms with Crippen LogP contribution in [-0.2, 0) is 9.59 Å². The Morgan fingerprint density at radius 3 is 2.47 bits per heavy atom. The first-order valence-corrected chi connectivity index (χ1v) is 11.4. The number of carbonyl (C=O) groups is 4. The maximum Gasteiger partial charge on any atom is 0.327 e. The van der Waals surface area contributed by atoms with Crippen LogP contribution in [0.2, 0.25) is 0 Å². The fourth-order valence-electron chi connectivity index (χ4n) is 4.35. The number of benzene rings is 1. The first kappa shape index (κ1) is 21.9. The zero-order valence-electron chi connectivity index (χ0n) is 18.0. The molecule has 168 valence electrons. The number of amides is 5. The van der Waals surface area contributed by atoms with Crippen LogP contribution >= 0.6 is 11.3 Å². The predicted octanol–water partition coefficient (Wildman–Crippen LogP) is 2.48. The van der Waals surface area contributed by atoms with Gasteiger partial charge in [-0.3, -0.25) is 30.1 Å². The van der Waals surface area contributed by atoms with Crippen molar-refractivity contribution in [1.29, 1.82) is 0 Å². The van der Waals surface area contributed by atoms with E-state index in [2.05, 4.69) is 15.8 Å². The molecule has 1 aliphatic heterocycles. The van der Waals surface area contributed by atoms with Crippen LogP contribution < -0.4 is 10.9 Å². The van der Waals surface area contributed by atoms with Crippen molar-refractivity contribution in [2.45, 2.75) is 44.6 Å². The van der Waals surface area contributed by atoms with E-state index in [4.69, 9.17) is 0 Å². The molecule has 2 heterocycles. The molecular formula is C22H25N5O4S. The molecule has 1 aromatic carbocycles. The molecule has 10 heteroatoms. The van der Waals surface area contributed by atoms with Gasteiger partial charge in [0.25, 0.3) is 17.7 Å². The quantitative estimate of drug-likeness (QED) is 0.543. The highest BCUT2D eigenvalue weighted by Crippen LogP contribution is 2.39. The Bertz CT molecular complexity index is 1060. The molecule has 1 aromatic heterocycles. The largest absolute Gasteiger partial charge is 0.327 e. The zero-order valence-corrected chi connectivity index (χ0v) is 18.8. The van der Waals surface area contributed by atoms with Crippen molar-refractivity contribution >= 4 is 35.1 Å². The van der Waals surface area contributed by atoms with E-state index >= 15 is 0 Å². The van der Waals surface area contributed by atoms with Gasteiger partial charge in [-0.25, -0.2) is 9.78 Å². The number of aryl methyl sites for hydroxylation is 1. The summed E-state index contributed by atoms with van der Waals surface area (Å²) in [5, 5.41) is 0.702. The monoisotopic (exact) mass is 455 g/mol. The van der Waals surface area contributed by atoms with Gasteiger partial charge in [-0.1, -0.05) is 49.6 Å². The topological polar surface area (TPSA) is 112 Å². The molecule has 32 heavy (non-hydrogen) atoms. The average Bonchev–Trinajstić information content (AvgIpc) is 3.28. The smallest absolute Gasteiger partial charge is 0.313 e. The predicted molar refractivity (Wildman–Crippen MR) is 119 cm³/mol. The van der Waals surface area contributed by atoms with Gasteiger partial charge in [-0.05, 0) is 19.8 Å². The minimum Gasteiger partial charge on any atom is -0.313 e. The van der Waals surface area contributed by atoms with E-state index in [0.717, 1.165) is 29.7 Å². The highest BCUT2D eigenvalue weighted by Gasteiger charge is 2.55. The fourth-order valence-corrected chi connectivity index (χ4v) is 5.32. The van der Waals surface area contributed by atoms with Crippen molar-refractivity contribution in [3.05, 3.63) is 40.9 Å². The Kier molecular flexibility index (Phi) is 5.96. The van der Waals surface area contributed by atoms with Crippen LogP contribution in [0.15, 0.2) is 30.3 Å². The number of imide groups is 1. The molecule has 1 saturated heterocycles. The highest BCUT2D eigenvalue weighted by molar-refractivity contribution is 7.17. The van der Waals surface area contributed by atoms with Gasteiger partial charge >= 0.3 is 6.03 Å². The number of urea groups is 1. The number of nitrogens with zero attached hydrogens (tertiary/aromatic N) is 3. The molecule has 4 rings (SSSR count). The summed E-state index contributed by atoms with van der Waals surface area (Å²) in [7, 11) is 1.61. The lowest BCUT2D eigenvalue weighted by atomic mass is 9.81. The number of likely N-dealkylation sites (N-methyl/N-ethyl adjacent to an activating group) is 1. The standard InChI is InChI=1S/C22H25N5O4S/c1-14-17(32-19(23-14)15-9-5-3-6-10-15)18(29)25-24-16(28)13-27-20(30)22(26(2)21(27)31)11-7-4-8-12-22/h3,5-6,9-10H,4,7-8,11-13H2,1-2H3,(H,24,28)(H,25,29). The van der Waals surface area contributed by atoms with Crippen LogP contribution in [0.1, 0.15) is 47.5 Å². The summed E-state index contributed by atoms with van der Waals surface area (Å²) in [4.78, 5) is 57.8. The number of hydrogen-bond donors (Lipinski definition) is 2. The van der Waals surface area contributed by atoms with Crippen LogP contribution in [0.5, 0.6) is 0 Å². The Balaban J connectivity index is 1.37. The van der Waals surface area contributed by atoms with E-state index < -0.39 is 29.9 Å². The molecule has 2 N–H and O–H groups in total. The van der Waals surface area contributed by atoms with Crippen molar-refractivity contribution in [3.63, 3.8) is 0 Å². The lowest BCUT2D eigenvalue weighted by Crippen LogP contribution is -2.50. The van der Waals surface area contributed by atoms with Crippen molar-refractivity contribution in [2.75, 3.05) is 13.6 Å². The van der Waals surface area contributed by atoms with Gasteiger partial charge in [-0.2, -0.15) is 0 Å². The van der Waals surface area contributed by atoms with Crippen LogP contribution in [-0.4, -0.2) is 57.7 Å². The molecule has 1 saturated carbocycles. The summed E-state index contributed by atoms with van der Waals surface area (Å²) in [6.45, 7) is 1.28. The number of thiazole rings is 1. The molecular weight excluding hydrogens is 430 g/mol. The number of nitrogens with one attached hydrogen (secondary N) is 2. The normalized spacial score (nSPS) is 17.7. The van der Waals surface area contributed by atoms with Crippen LogP contribution in [0.25, 0.3) is 10.6 Å². The molecule has 2 aromatic rings. The number of carbonyl (C=O) groups excluding carboxylic acids is 4. The molecule has 0 atom stereocenters. The average molecular weight is 456 g/mol. The molecule has 1 aliphatic carbocycles. The molecule has 5 amide bonds. The van der Waals surface area contributed by atoms with Gasteiger partial charge in [0.1, 0.15) is 22.0 Å². The summed E-state index contributed by atoms with van der Waals surface area (Å²) in [6.07, 6.45) is 4.00. The van der Waals surface area contributed by atoms with E-state index in [9.17, 15) is 19.2 Å². The third kappa shape index (κ3) is 3.86. The van der Waals surface area contributed by atoms with Gasteiger partial charge < -0.3 is 4.90 Å². The van der Waals surface area contributed by atoms with Crippen molar-refractivity contribution in [1.82, 2.24) is 25.6 Å². The third-order valence-corrected chi connectivity index (χ3v) is 7.33. The molecule has 9 nitrogen and oxygen atoms in total. The summed E-state index contributed by atoms with van der Waals surface area (Å²) >= 11 is 1.22. The van der Waals surface area contributed by atoms with Crippen molar-refractivity contribution in [2.24, 2.45) is 0 Å². The van der Waals surface area contributed by atoms with E-state index in [0.29, 0.717) is 28.4 Å². The lowest BCUT2D eigenvalue weighted by Gasteiger charge is -2.35. The van der Waals surface area contributed by atoms with Crippen molar-refractivity contribution in [3.8, 4) is 10.6 Å². The van der Waals surface area contributed by atoms with E-state index in [1.165, 1.54) is 16.2 Å². The zero-order chi connectivity index (χ0) is 22.9. The molecule has 0 unspecified atom stereocenters. The number of aromatic nitrogens is 1. The maximum atomic E-state index is 13.0. The van der Waals surface area contributed by atoms with Crippen LogP contribution in [0.4, 0.5) is 4.79 Å². The summed E-state index contributed by atoms with van der Waals surface area (Å²) in [5.74, 6) is -1.49. The van der Waals surface area contributed by atoms with Gasteiger partial charge in [0.05, 0.1) is 5.69 Å². The van der Waals surface area contributed by atoms with Gasteiger partial charge in [0.2, 0.25) is 0 Å². The SMILES string of the molecule is Cc1nc(-c2ccccc2)sc1C(=O)NNC(=O)CN1C(=O)N(C)C2(CCCCC2)C1=O. The number of hydrazine groups is 1. The lowest BCUT2D eigenvalue weighted by molar-refractivity contribution is -0.137. The van der Waals surface area contributed by atoms with E-state index in [-0.39, 0.29) is 5.91 Å². The fraction of sp³-hybridized carbons (Fsp3) is 0.409. The van der Waals surface area contributed by atoms with E-state index in [1.807, 2.05) is 30.3 Å². The molecule has 2 fully saturated rings. The highest BCUT2D eigenvalue weighted by atomic mass is 32.1. The molecule has 1 spiro atoms. The first-order valence-electron chi connectivity index (χ1n) is 10.6. The maximum absolute atomic E-state index is 13.0. The minimum absolute atomic E-state index is 0.336. The Hall–Kier alpha value is -3.27. The third-order valence-electron chi connectivity index (χ3n) is 6.12. The summed E-state index contributed by atoms with van der Waals surface area (Å²) in [5.41, 5.74) is 5.27. The molecule has 0 bridgehead atoms. The number of rotatable bonds is 4. The second-order valence-electron chi connectivity index (χ2n) is 8.13. The van der Waals surface area contributed by atoms with Crippen LogP contribution in [0, 0.1) is 6.92 Å².